The zero-order chi connectivity index (χ0) is 11.0. The van der Waals surface area contributed by atoms with Crippen molar-refractivity contribution in [3.8, 4) is 0 Å². The van der Waals surface area contributed by atoms with E-state index >= 15 is 0 Å². The molecule has 2 aliphatic rings. The number of aromatic amines is 1. The van der Waals surface area contributed by atoms with Crippen LogP contribution in [0.4, 0.5) is 5.95 Å². The summed E-state index contributed by atoms with van der Waals surface area (Å²) >= 11 is 0. The molecule has 2 fully saturated rings. The molecule has 2 bridgehead atoms. The maximum atomic E-state index is 4.38. The number of nitrogens with zero attached hydrogens (tertiary/aromatic N) is 2. The zero-order valence-corrected chi connectivity index (χ0v) is 9.82. The minimum Gasteiger partial charge on any atom is -0.340 e. The molecule has 88 valence electrons. The van der Waals surface area contributed by atoms with E-state index in [0.717, 1.165) is 24.6 Å². The third kappa shape index (κ3) is 1.71. The largest absolute Gasteiger partial charge is 0.340 e. The van der Waals surface area contributed by atoms with Gasteiger partial charge in [-0.05, 0) is 32.6 Å². The van der Waals surface area contributed by atoms with Crippen molar-refractivity contribution in [1.82, 2.24) is 15.3 Å². The number of imidazole rings is 1. The molecule has 1 aromatic rings. The highest BCUT2D eigenvalue weighted by atomic mass is 15.3. The molecule has 0 aliphatic carbocycles. The van der Waals surface area contributed by atoms with E-state index in [-0.39, 0.29) is 0 Å². The smallest absolute Gasteiger partial charge is 0.202 e. The van der Waals surface area contributed by atoms with E-state index in [4.69, 9.17) is 0 Å². The van der Waals surface area contributed by atoms with E-state index in [2.05, 4.69) is 27.1 Å². The molecule has 1 aromatic heterocycles. The van der Waals surface area contributed by atoms with Gasteiger partial charge in [-0.25, -0.2) is 4.98 Å². The van der Waals surface area contributed by atoms with Crippen molar-refractivity contribution < 1.29 is 0 Å². The van der Waals surface area contributed by atoms with Crippen LogP contribution in [-0.2, 0) is 0 Å². The molecule has 16 heavy (non-hydrogen) atoms. The van der Waals surface area contributed by atoms with Gasteiger partial charge < -0.3 is 15.2 Å². The number of piperidine rings is 1. The molecule has 0 amide bonds. The van der Waals surface area contributed by atoms with Gasteiger partial charge in [0.25, 0.3) is 0 Å². The van der Waals surface area contributed by atoms with E-state index in [1.54, 1.807) is 0 Å². The fourth-order valence-corrected chi connectivity index (χ4v) is 3.28. The Hall–Kier alpha value is -1.03. The number of anilines is 1. The molecule has 2 aliphatic heterocycles. The molecular formula is C12H20N4. The van der Waals surface area contributed by atoms with Crippen LogP contribution in [0.5, 0.6) is 0 Å². The minimum absolute atomic E-state index is 0.662. The van der Waals surface area contributed by atoms with Gasteiger partial charge in [0.2, 0.25) is 5.95 Å². The van der Waals surface area contributed by atoms with E-state index in [1.807, 2.05) is 12.4 Å². The molecule has 0 spiro atoms. The molecule has 0 radical (unpaired) electrons. The van der Waals surface area contributed by atoms with Crippen molar-refractivity contribution in [2.75, 3.05) is 11.4 Å². The second-order valence-electron chi connectivity index (χ2n) is 4.96. The van der Waals surface area contributed by atoms with E-state index in [0.29, 0.717) is 6.04 Å². The van der Waals surface area contributed by atoms with Gasteiger partial charge >= 0.3 is 0 Å². The van der Waals surface area contributed by atoms with Crippen molar-refractivity contribution in [3.63, 3.8) is 0 Å². The second-order valence-corrected chi connectivity index (χ2v) is 4.96. The van der Waals surface area contributed by atoms with Crippen LogP contribution < -0.4 is 10.2 Å². The van der Waals surface area contributed by atoms with Gasteiger partial charge in [-0.15, -0.1) is 0 Å². The molecule has 4 nitrogen and oxygen atoms in total. The Morgan fingerprint density at radius 3 is 2.69 bits per heavy atom. The summed E-state index contributed by atoms with van der Waals surface area (Å²) in [5.41, 5.74) is 0. The van der Waals surface area contributed by atoms with Crippen LogP contribution >= 0.6 is 0 Å². The predicted octanol–water partition coefficient (Wildman–Crippen LogP) is 1.52. The van der Waals surface area contributed by atoms with Crippen LogP contribution in [0, 0.1) is 0 Å². The number of H-pyrrole nitrogens is 1. The monoisotopic (exact) mass is 220 g/mol. The lowest BCUT2D eigenvalue weighted by molar-refractivity contribution is 0.347. The highest BCUT2D eigenvalue weighted by molar-refractivity contribution is 5.31. The maximum Gasteiger partial charge on any atom is 0.202 e. The van der Waals surface area contributed by atoms with Crippen molar-refractivity contribution >= 4 is 5.95 Å². The van der Waals surface area contributed by atoms with Gasteiger partial charge in [0.1, 0.15) is 0 Å². The van der Waals surface area contributed by atoms with Crippen LogP contribution in [0.15, 0.2) is 12.4 Å². The van der Waals surface area contributed by atoms with Gasteiger partial charge in [0.05, 0.1) is 0 Å². The topological polar surface area (TPSA) is 44.0 Å². The molecule has 2 N–H and O–H groups in total. The lowest BCUT2D eigenvalue weighted by Crippen LogP contribution is -2.48. The molecular weight excluding hydrogens is 200 g/mol. The highest BCUT2D eigenvalue weighted by Gasteiger charge is 2.36. The summed E-state index contributed by atoms with van der Waals surface area (Å²) < 4.78 is 0. The van der Waals surface area contributed by atoms with Crippen molar-refractivity contribution in [3.05, 3.63) is 12.4 Å². The molecule has 0 saturated carbocycles. The van der Waals surface area contributed by atoms with Gasteiger partial charge in [-0.2, -0.15) is 0 Å². The van der Waals surface area contributed by atoms with Gasteiger partial charge in [-0.3, -0.25) is 0 Å². The number of rotatable bonds is 3. The number of hydrogen-bond acceptors (Lipinski definition) is 3. The standard InChI is InChI=1S/C12H20N4/c1-2-16(12-13-5-6-14-12)11-7-9-3-4-10(8-11)15-9/h5-6,9-11,15H,2-4,7-8H2,1H3,(H,13,14). The molecule has 2 unspecified atom stereocenters. The first-order chi connectivity index (χ1) is 7.86. The maximum absolute atomic E-state index is 4.38. The highest BCUT2D eigenvalue weighted by Crippen LogP contribution is 2.30. The van der Waals surface area contributed by atoms with Crippen molar-refractivity contribution in [1.29, 1.82) is 0 Å². The molecule has 2 saturated heterocycles. The summed E-state index contributed by atoms with van der Waals surface area (Å²) in [5.74, 6) is 1.04. The van der Waals surface area contributed by atoms with Gasteiger partial charge in [0.15, 0.2) is 0 Å². The third-order valence-electron chi connectivity index (χ3n) is 3.99. The Morgan fingerprint density at radius 1 is 1.38 bits per heavy atom. The summed E-state index contributed by atoms with van der Waals surface area (Å²) in [6, 6.07) is 2.15. The number of aromatic nitrogens is 2. The van der Waals surface area contributed by atoms with Crippen LogP contribution in [0.1, 0.15) is 32.6 Å². The third-order valence-corrected chi connectivity index (χ3v) is 3.99. The summed E-state index contributed by atoms with van der Waals surface area (Å²) in [5, 5.41) is 3.69. The van der Waals surface area contributed by atoms with Crippen molar-refractivity contribution in [2.45, 2.75) is 50.7 Å². The van der Waals surface area contributed by atoms with E-state index in [1.165, 1.54) is 25.7 Å². The molecule has 4 heteroatoms. The number of nitrogens with one attached hydrogen (secondary N) is 2. The van der Waals surface area contributed by atoms with E-state index < -0.39 is 0 Å². The Morgan fingerprint density at radius 2 is 2.12 bits per heavy atom. The fourth-order valence-electron chi connectivity index (χ4n) is 3.28. The minimum atomic E-state index is 0.662. The lowest BCUT2D eigenvalue weighted by Gasteiger charge is -2.37. The fraction of sp³-hybridized carbons (Fsp3) is 0.750. The molecule has 2 atom stereocenters. The lowest BCUT2D eigenvalue weighted by atomic mass is 9.98. The summed E-state index contributed by atoms with van der Waals surface area (Å²) in [4.78, 5) is 10.0. The first-order valence-electron chi connectivity index (χ1n) is 6.39. The first-order valence-corrected chi connectivity index (χ1v) is 6.39. The van der Waals surface area contributed by atoms with Crippen LogP contribution in [0.2, 0.25) is 0 Å². The summed E-state index contributed by atoms with van der Waals surface area (Å²) in [7, 11) is 0. The quantitative estimate of drug-likeness (QED) is 0.811. The summed E-state index contributed by atoms with van der Waals surface area (Å²) in [6.45, 7) is 3.25. The normalized spacial score (nSPS) is 32.9. The second kappa shape index (κ2) is 4.09. The summed E-state index contributed by atoms with van der Waals surface area (Å²) in [6.07, 6.45) is 9.01. The number of hydrogen-bond donors (Lipinski definition) is 2. The van der Waals surface area contributed by atoms with Gasteiger partial charge in [0, 0.05) is 37.1 Å². The Labute approximate surface area is 96.4 Å². The molecule has 3 rings (SSSR count). The van der Waals surface area contributed by atoms with Gasteiger partial charge in [-0.1, -0.05) is 0 Å². The predicted molar refractivity (Wildman–Crippen MR) is 64.6 cm³/mol. The molecule has 3 heterocycles. The zero-order valence-electron chi connectivity index (χ0n) is 9.82. The van der Waals surface area contributed by atoms with Crippen LogP contribution in [-0.4, -0.2) is 34.6 Å². The first kappa shape index (κ1) is 10.1. The van der Waals surface area contributed by atoms with E-state index in [9.17, 15) is 0 Å². The number of fused-ring (bicyclic) bond motifs is 2. The Bertz CT molecular complexity index is 323. The Balaban J connectivity index is 1.75. The average Bonchev–Trinajstić information content (AvgIpc) is 2.90. The van der Waals surface area contributed by atoms with Crippen LogP contribution in [0.3, 0.4) is 0 Å². The average molecular weight is 220 g/mol. The molecule has 0 aromatic carbocycles. The van der Waals surface area contributed by atoms with Crippen molar-refractivity contribution in [2.24, 2.45) is 0 Å². The van der Waals surface area contributed by atoms with Crippen LogP contribution in [0.25, 0.3) is 0 Å². The SMILES string of the molecule is CCN(c1ncc[nH]1)C1CC2CCC(C1)N2. The Kier molecular flexibility index (Phi) is 2.59.